The highest BCUT2D eigenvalue weighted by Crippen LogP contribution is 2.26. The van der Waals surface area contributed by atoms with Crippen molar-refractivity contribution in [3.63, 3.8) is 0 Å². The molecule has 0 unspecified atom stereocenters. The lowest BCUT2D eigenvalue weighted by Gasteiger charge is -2.08. The first-order valence-electron chi connectivity index (χ1n) is 5.22. The van der Waals surface area contributed by atoms with Crippen molar-refractivity contribution in [2.45, 2.75) is 0 Å². The van der Waals surface area contributed by atoms with E-state index in [2.05, 4.69) is 5.32 Å². The van der Waals surface area contributed by atoms with Crippen LogP contribution in [0.2, 0.25) is 5.02 Å². The molecular formula is C13H8ClFINO2. The molecular weight excluding hydrogens is 384 g/mol. The molecule has 1 amide bonds. The van der Waals surface area contributed by atoms with Crippen molar-refractivity contribution in [2.24, 2.45) is 0 Å². The molecule has 0 saturated carbocycles. The van der Waals surface area contributed by atoms with Gasteiger partial charge in [0.2, 0.25) is 0 Å². The Morgan fingerprint density at radius 3 is 2.63 bits per heavy atom. The first-order valence-corrected chi connectivity index (χ1v) is 6.68. The molecule has 6 heteroatoms. The largest absolute Gasteiger partial charge is 0.506 e. The summed E-state index contributed by atoms with van der Waals surface area (Å²) < 4.78 is 13.5. The fourth-order valence-electron chi connectivity index (χ4n) is 1.46. The van der Waals surface area contributed by atoms with Gasteiger partial charge in [-0.05, 0) is 52.9 Å². The number of amides is 1. The highest BCUT2D eigenvalue weighted by Gasteiger charge is 2.11. The maximum absolute atomic E-state index is 13.0. The highest BCUT2D eigenvalue weighted by molar-refractivity contribution is 14.1. The lowest BCUT2D eigenvalue weighted by molar-refractivity contribution is 0.102. The molecule has 0 saturated heterocycles. The minimum absolute atomic E-state index is 0.117. The predicted octanol–water partition coefficient (Wildman–Crippen LogP) is 4.04. The van der Waals surface area contributed by atoms with Gasteiger partial charge in [0.1, 0.15) is 11.6 Å². The number of aromatic hydroxyl groups is 1. The van der Waals surface area contributed by atoms with Gasteiger partial charge in [-0.1, -0.05) is 11.6 Å². The van der Waals surface area contributed by atoms with Crippen LogP contribution in [0.1, 0.15) is 10.4 Å². The van der Waals surface area contributed by atoms with E-state index in [1.807, 2.05) is 22.6 Å². The maximum Gasteiger partial charge on any atom is 0.256 e. The molecule has 2 aromatic carbocycles. The van der Waals surface area contributed by atoms with Crippen LogP contribution in [-0.2, 0) is 0 Å². The molecule has 0 aliphatic heterocycles. The Bertz CT molecular complexity index is 649. The summed E-state index contributed by atoms with van der Waals surface area (Å²) in [6, 6.07) is 8.28. The van der Waals surface area contributed by atoms with Crippen LogP contribution < -0.4 is 5.32 Å². The summed E-state index contributed by atoms with van der Waals surface area (Å²) >= 11 is 7.56. The van der Waals surface area contributed by atoms with Gasteiger partial charge in [0.15, 0.2) is 0 Å². The Kier molecular flexibility index (Phi) is 4.26. The molecule has 98 valence electrons. The molecule has 0 spiro atoms. The van der Waals surface area contributed by atoms with Crippen molar-refractivity contribution in [3.8, 4) is 5.75 Å². The van der Waals surface area contributed by atoms with E-state index in [4.69, 9.17) is 11.6 Å². The summed E-state index contributed by atoms with van der Waals surface area (Å²) in [4.78, 5) is 12.0. The minimum atomic E-state index is -0.398. The van der Waals surface area contributed by atoms with Crippen molar-refractivity contribution >= 4 is 45.8 Å². The zero-order valence-electron chi connectivity index (χ0n) is 9.45. The van der Waals surface area contributed by atoms with Gasteiger partial charge < -0.3 is 10.4 Å². The van der Waals surface area contributed by atoms with Gasteiger partial charge >= 0.3 is 0 Å². The summed E-state index contributed by atoms with van der Waals surface area (Å²) in [5.74, 6) is -0.899. The molecule has 2 aromatic rings. The van der Waals surface area contributed by atoms with E-state index in [-0.39, 0.29) is 16.7 Å². The van der Waals surface area contributed by atoms with Gasteiger partial charge in [0, 0.05) is 15.3 Å². The average Bonchev–Trinajstić information content (AvgIpc) is 2.33. The van der Waals surface area contributed by atoms with Crippen LogP contribution in [-0.4, -0.2) is 11.0 Å². The smallest absolute Gasteiger partial charge is 0.256 e. The molecule has 0 heterocycles. The number of carbonyl (C=O) groups excluding carboxylic acids is 1. The third kappa shape index (κ3) is 3.36. The predicted molar refractivity (Wildman–Crippen MR) is 80.2 cm³/mol. The van der Waals surface area contributed by atoms with E-state index >= 15 is 0 Å². The number of anilines is 1. The molecule has 0 radical (unpaired) electrons. The molecule has 0 aliphatic rings. The summed E-state index contributed by atoms with van der Waals surface area (Å²) in [7, 11) is 0. The number of nitrogens with one attached hydrogen (secondary N) is 1. The SMILES string of the molecule is O=C(Nc1ccc(Cl)c(O)c1)c1ccc(F)cc1I. The van der Waals surface area contributed by atoms with Crippen LogP contribution in [0, 0.1) is 9.39 Å². The summed E-state index contributed by atoms with van der Waals surface area (Å²) in [5.41, 5.74) is 0.767. The Balaban J connectivity index is 2.23. The number of halogens is 3. The molecule has 2 rings (SSSR count). The first kappa shape index (κ1) is 14.1. The molecule has 0 atom stereocenters. The quantitative estimate of drug-likeness (QED) is 0.759. The lowest BCUT2D eigenvalue weighted by Crippen LogP contribution is -2.13. The standard InChI is InChI=1S/C13H8ClFINO2/c14-10-4-2-8(6-12(10)18)17-13(19)9-3-1-7(15)5-11(9)16/h1-6,18H,(H,17,19). The topological polar surface area (TPSA) is 49.3 Å². The first-order chi connectivity index (χ1) is 8.97. The van der Waals surface area contributed by atoms with E-state index in [0.29, 0.717) is 14.8 Å². The molecule has 2 N–H and O–H groups in total. The zero-order chi connectivity index (χ0) is 14.0. The van der Waals surface area contributed by atoms with E-state index in [1.54, 1.807) is 6.07 Å². The second kappa shape index (κ2) is 5.75. The summed E-state index contributed by atoms with van der Waals surface area (Å²) in [6.07, 6.45) is 0. The Morgan fingerprint density at radius 1 is 1.26 bits per heavy atom. The fraction of sp³-hybridized carbons (Fsp3) is 0. The van der Waals surface area contributed by atoms with Crippen LogP contribution in [0.5, 0.6) is 5.75 Å². The maximum atomic E-state index is 13.0. The van der Waals surface area contributed by atoms with Crippen LogP contribution in [0.15, 0.2) is 36.4 Å². The van der Waals surface area contributed by atoms with Gasteiger partial charge in [0.05, 0.1) is 10.6 Å². The number of carbonyl (C=O) groups is 1. The molecule has 19 heavy (non-hydrogen) atoms. The number of hydrogen-bond acceptors (Lipinski definition) is 2. The fourth-order valence-corrected chi connectivity index (χ4v) is 2.30. The molecule has 0 fully saturated rings. The van der Waals surface area contributed by atoms with Crippen LogP contribution in [0.3, 0.4) is 0 Å². The number of phenols is 1. The molecule has 3 nitrogen and oxygen atoms in total. The van der Waals surface area contributed by atoms with Gasteiger partial charge in [-0.15, -0.1) is 0 Å². The third-order valence-electron chi connectivity index (χ3n) is 2.38. The normalized spacial score (nSPS) is 10.3. The summed E-state index contributed by atoms with van der Waals surface area (Å²) in [5, 5.41) is 12.2. The summed E-state index contributed by atoms with van der Waals surface area (Å²) in [6.45, 7) is 0. The third-order valence-corrected chi connectivity index (χ3v) is 3.59. The van der Waals surface area contributed by atoms with Gasteiger partial charge in [-0.2, -0.15) is 0 Å². The molecule has 0 aromatic heterocycles. The lowest BCUT2D eigenvalue weighted by atomic mass is 10.2. The Labute approximate surface area is 127 Å². The second-order valence-corrected chi connectivity index (χ2v) is 5.31. The number of phenolic OH excluding ortho intramolecular Hbond substituents is 1. The van der Waals surface area contributed by atoms with E-state index in [0.717, 1.165) is 0 Å². The van der Waals surface area contributed by atoms with Crippen molar-refractivity contribution < 1.29 is 14.3 Å². The van der Waals surface area contributed by atoms with E-state index in [1.165, 1.54) is 30.3 Å². The minimum Gasteiger partial charge on any atom is -0.506 e. The van der Waals surface area contributed by atoms with Gasteiger partial charge in [-0.25, -0.2) is 4.39 Å². The Hall–Kier alpha value is -1.34. The van der Waals surface area contributed by atoms with Gasteiger partial charge in [0.25, 0.3) is 5.91 Å². The molecule has 0 bridgehead atoms. The van der Waals surface area contributed by atoms with Crippen molar-refractivity contribution in [1.29, 1.82) is 0 Å². The van der Waals surface area contributed by atoms with E-state index < -0.39 is 5.82 Å². The Morgan fingerprint density at radius 2 is 2.00 bits per heavy atom. The van der Waals surface area contributed by atoms with Crippen molar-refractivity contribution in [2.75, 3.05) is 5.32 Å². The molecule has 0 aliphatic carbocycles. The van der Waals surface area contributed by atoms with Crippen molar-refractivity contribution in [1.82, 2.24) is 0 Å². The van der Waals surface area contributed by atoms with Crippen molar-refractivity contribution in [3.05, 3.63) is 56.4 Å². The van der Waals surface area contributed by atoms with Crippen LogP contribution in [0.4, 0.5) is 10.1 Å². The van der Waals surface area contributed by atoms with Crippen LogP contribution in [0.25, 0.3) is 0 Å². The van der Waals surface area contributed by atoms with Gasteiger partial charge in [-0.3, -0.25) is 4.79 Å². The zero-order valence-corrected chi connectivity index (χ0v) is 12.4. The number of benzene rings is 2. The van der Waals surface area contributed by atoms with Crippen LogP contribution >= 0.6 is 34.2 Å². The highest BCUT2D eigenvalue weighted by atomic mass is 127. The van der Waals surface area contributed by atoms with E-state index in [9.17, 15) is 14.3 Å². The second-order valence-electron chi connectivity index (χ2n) is 3.74. The number of hydrogen-bond donors (Lipinski definition) is 2. The number of rotatable bonds is 2. The average molecular weight is 392 g/mol. The monoisotopic (exact) mass is 391 g/mol.